The number of nitrogens with zero attached hydrogens (tertiary/aromatic N) is 4. The molecule has 2 heterocycles. The lowest BCUT2D eigenvalue weighted by Gasteiger charge is -2.15. The molecule has 0 atom stereocenters. The summed E-state index contributed by atoms with van der Waals surface area (Å²) in [6, 6.07) is 19.5. The number of aromatic nitrogens is 3. The Morgan fingerprint density at radius 1 is 1.00 bits per heavy atom. The summed E-state index contributed by atoms with van der Waals surface area (Å²) in [4.78, 5) is 16.8. The zero-order valence-corrected chi connectivity index (χ0v) is 17.0. The van der Waals surface area contributed by atoms with Crippen LogP contribution in [0, 0.1) is 6.92 Å². The van der Waals surface area contributed by atoms with Crippen molar-refractivity contribution in [3.63, 3.8) is 0 Å². The molecular weight excluding hydrogens is 390 g/mol. The fraction of sp³-hybridized carbons (Fsp3) is 0.0952. The minimum atomic E-state index is 0.519. The molecule has 0 bridgehead atoms. The molecule has 0 spiro atoms. The molecular formula is C21H18ClN5S. The van der Waals surface area contributed by atoms with Gasteiger partial charge in [-0.3, -0.25) is 0 Å². The number of anilines is 4. The van der Waals surface area contributed by atoms with Gasteiger partial charge in [-0.25, -0.2) is 15.0 Å². The topological polar surface area (TPSA) is 53.9 Å². The molecule has 4 aromatic rings. The van der Waals surface area contributed by atoms with E-state index in [2.05, 4.69) is 32.3 Å². The summed E-state index contributed by atoms with van der Waals surface area (Å²) >= 11 is 7.66. The van der Waals surface area contributed by atoms with Gasteiger partial charge in [-0.05, 0) is 43.3 Å². The molecule has 140 valence electrons. The van der Waals surface area contributed by atoms with Gasteiger partial charge in [-0.15, -0.1) is 0 Å². The normalized spacial score (nSPS) is 10.7. The molecule has 0 saturated heterocycles. The molecule has 0 aliphatic heterocycles. The van der Waals surface area contributed by atoms with E-state index in [1.54, 1.807) is 17.5 Å². The lowest BCUT2D eigenvalue weighted by atomic mass is 10.3. The highest BCUT2D eigenvalue weighted by Gasteiger charge is 2.15. The van der Waals surface area contributed by atoms with Crippen LogP contribution >= 0.6 is 22.9 Å². The molecule has 2 aromatic carbocycles. The lowest BCUT2D eigenvalue weighted by molar-refractivity contribution is 1.13. The molecule has 4 rings (SSSR count). The predicted molar refractivity (Wildman–Crippen MR) is 117 cm³/mol. The van der Waals surface area contributed by atoms with Crippen molar-refractivity contribution in [1.82, 2.24) is 15.0 Å². The van der Waals surface area contributed by atoms with Gasteiger partial charge in [-0.1, -0.05) is 47.2 Å². The first-order valence-electron chi connectivity index (χ1n) is 8.72. The summed E-state index contributed by atoms with van der Waals surface area (Å²) in [5, 5.41) is 4.78. The molecule has 5 nitrogen and oxygen atoms in total. The van der Waals surface area contributed by atoms with Crippen LogP contribution < -0.4 is 10.2 Å². The number of benzene rings is 2. The zero-order valence-electron chi connectivity index (χ0n) is 15.4. The number of nitrogens with one attached hydrogen (secondary N) is 1. The number of aryl methyl sites for hydroxylation is 1. The smallest absolute Gasteiger partial charge is 0.227 e. The van der Waals surface area contributed by atoms with Gasteiger partial charge in [0, 0.05) is 29.6 Å². The molecule has 0 radical (unpaired) electrons. The van der Waals surface area contributed by atoms with Crippen molar-refractivity contribution in [3.8, 4) is 10.6 Å². The monoisotopic (exact) mass is 407 g/mol. The maximum Gasteiger partial charge on any atom is 0.227 e. The van der Waals surface area contributed by atoms with E-state index >= 15 is 0 Å². The Morgan fingerprint density at radius 2 is 1.82 bits per heavy atom. The maximum absolute atomic E-state index is 6.05. The third-order valence-corrected chi connectivity index (χ3v) is 5.68. The van der Waals surface area contributed by atoms with E-state index in [0.29, 0.717) is 11.0 Å². The molecule has 2 aromatic heterocycles. The molecule has 28 heavy (non-hydrogen) atoms. The Morgan fingerprint density at radius 3 is 2.61 bits per heavy atom. The van der Waals surface area contributed by atoms with Gasteiger partial charge in [0.15, 0.2) is 5.13 Å². The number of thiazole rings is 1. The second-order valence-electron chi connectivity index (χ2n) is 6.21. The highest BCUT2D eigenvalue weighted by atomic mass is 35.5. The van der Waals surface area contributed by atoms with Crippen molar-refractivity contribution in [2.24, 2.45) is 0 Å². The average Bonchev–Trinajstić information content (AvgIpc) is 3.10. The number of rotatable bonds is 5. The van der Waals surface area contributed by atoms with E-state index in [-0.39, 0.29) is 0 Å². The third-order valence-electron chi connectivity index (χ3n) is 4.18. The summed E-state index contributed by atoms with van der Waals surface area (Å²) in [5.41, 5.74) is 3.71. The van der Waals surface area contributed by atoms with Crippen molar-refractivity contribution in [3.05, 3.63) is 77.6 Å². The van der Waals surface area contributed by atoms with Crippen LogP contribution in [-0.4, -0.2) is 22.0 Å². The molecule has 0 unspecified atom stereocenters. The summed E-state index contributed by atoms with van der Waals surface area (Å²) in [7, 11) is 2.02. The van der Waals surface area contributed by atoms with E-state index < -0.39 is 0 Å². The number of para-hydroxylation sites is 1. The van der Waals surface area contributed by atoms with Gasteiger partial charge in [0.1, 0.15) is 0 Å². The Kier molecular flexibility index (Phi) is 5.23. The van der Waals surface area contributed by atoms with Gasteiger partial charge in [0.05, 0.1) is 16.3 Å². The SMILES string of the molecule is Cc1nc(N(C)c2ccccc2)sc1-c1ccnc(Nc2cccc(Cl)c2)n1. The van der Waals surface area contributed by atoms with Crippen molar-refractivity contribution in [2.75, 3.05) is 17.3 Å². The minimum Gasteiger partial charge on any atom is -0.324 e. The van der Waals surface area contributed by atoms with Gasteiger partial charge < -0.3 is 10.2 Å². The van der Waals surface area contributed by atoms with Crippen LogP contribution in [0.5, 0.6) is 0 Å². The fourth-order valence-corrected chi connectivity index (χ4v) is 3.98. The third kappa shape index (κ3) is 3.98. The van der Waals surface area contributed by atoms with Crippen LogP contribution in [-0.2, 0) is 0 Å². The van der Waals surface area contributed by atoms with E-state index in [0.717, 1.165) is 32.8 Å². The molecule has 1 N–H and O–H groups in total. The predicted octanol–water partition coefficient (Wildman–Crippen LogP) is 6.07. The van der Waals surface area contributed by atoms with Crippen molar-refractivity contribution in [2.45, 2.75) is 6.92 Å². The first-order chi connectivity index (χ1) is 13.6. The fourth-order valence-electron chi connectivity index (χ4n) is 2.77. The van der Waals surface area contributed by atoms with Crippen molar-refractivity contribution in [1.29, 1.82) is 0 Å². The zero-order chi connectivity index (χ0) is 19.5. The van der Waals surface area contributed by atoms with Gasteiger partial charge in [0.25, 0.3) is 0 Å². The van der Waals surface area contributed by atoms with Gasteiger partial charge in [-0.2, -0.15) is 0 Å². The van der Waals surface area contributed by atoms with Crippen LogP contribution in [0.25, 0.3) is 10.6 Å². The first-order valence-corrected chi connectivity index (χ1v) is 9.92. The standard InChI is InChI=1S/C21H18ClN5S/c1-14-19(28-21(24-14)27(2)17-9-4-3-5-10-17)18-11-12-23-20(26-18)25-16-8-6-7-15(22)13-16/h3-13H,1-2H3,(H,23,25,26). The number of hydrogen-bond acceptors (Lipinski definition) is 6. The molecule has 0 aliphatic carbocycles. The minimum absolute atomic E-state index is 0.519. The summed E-state index contributed by atoms with van der Waals surface area (Å²) in [6.07, 6.45) is 1.74. The highest BCUT2D eigenvalue weighted by Crippen LogP contribution is 2.36. The summed E-state index contributed by atoms with van der Waals surface area (Å²) in [5.74, 6) is 0.519. The van der Waals surface area contributed by atoms with E-state index in [4.69, 9.17) is 16.6 Å². The van der Waals surface area contributed by atoms with E-state index in [1.165, 1.54) is 0 Å². The first kappa shape index (κ1) is 18.4. The molecule has 7 heteroatoms. The molecule has 0 saturated carbocycles. The Hall–Kier alpha value is -2.96. The molecule has 0 aliphatic rings. The average molecular weight is 408 g/mol. The van der Waals surface area contributed by atoms with E-state index in [9.17, 15) is 0 Å². The van der Waals surface area contributed by atoms with Crippen LogP contribution in [0.4, 0.5) is 22.5 Å². The largest absolute Gasteiger partial charge is 0.324 e. The van der Waals surface area contributed by atoms with Crippen LogP contribution in [0.15, 0.2) is 66.9 Å². The van der Waals surface area contributed by atoms with E-state index in [1.807, 2.05) is 62.5 Å². The highest BCUT2D eigenvalue weighted by molar-refractivity contribution is 7.19. The molecule has 0 fully saturated rings. The lowest BCUT2D eigenvalue weighted by Crippen LogP contribution is -2.08. The Bertz CT molecular complexity index is 1100. The van der Waals surface area contributed by atoms with Crippen LogP contribution in [0.3, 0.4) is 0 Å². The number of hydrogen-bond donors (Lipinski definition) is 1. The quantitative estimate of drug-likeness (QED) is 0.435. The summed E-state index contributed by atoms with van der Waals surface area (Å²) in [6.45, 7) is 2.00. The van der Waals surface area contributed by atoms with Crippen molar-refractivity contribution < 1.29 is 0 Å². The number of halogens is 1. The Labute approximate surface area is 172 Å². The van der Waals surface area contributed by atoms with Crippen molar-refractivity contribution >= 4 is 45.4 Å². The molecule has 0 amide bonds. The maximum atomic E-state index is 6.05. The van der Waals surface area contributed by atoms with Crippen LogP contribution in [0.1, 0.15) is 5.69 Å². The Balaban J connectivity index is 1.62. The van der Waals surface area contributed by atoms with Gasteiger partial charge in [0.2, 0.25) is 5.95 Å². The second kappa shape index (κ2) is 7.96. The van der Waals surface area contributed by atoms with Crippen LogP contribution in [0.2, 0.25) is 5.02 Å². The second-order valence-corrected chi connectivity index (χ2v) is 7.62. The van der Waals surface area contributed by atoms with Gasteiger partial charge >= 0.3 is 0 Å². The summed E-state index contributed by atoms with van der Waals surface area (Å²) < 4.78 is 0.